The van der Waals surface area contributed by atoms with Gasteiger partial charge >= 0.3 is 0 Å². The summed E-state index contributed by atoms with van der Waals surface area (Å²) < 4.78 is 7.12. The van der Waals surface area contributed by atoms with Crippen molar-refractivity contribution in [2.24, 2.45) is 0 Å². The van der Waals surface area contributed by atoms with E-state index in [1.807, 2.05) is 41.0 Å². The number of rotatable bonds is 7. The topological polar surface area (TPSA) is 81.9 Å². The molecular formula is C19H17N5O2S. The first-order valence-electron chi connectivity index (χ1n) is 8.06. The van der Waals surface area contributed by atoms with Gasteiger partial charge in [0.05, 0.1) is 19.4 Å². The van der Waals surface area contributed by atoms with E-state index in [2.05, 4.69) is 26.4 Å². The standard InChI is InChI=1S/C19H17N5O2S/c1-3-10-21-17(25)13-27-19-23-22-18(14-8-11-20-12-9-14)24(19)15-4-6-16(26-2)7-5-15/h1,4-9,11-12H,10,13H2,2H3,(H,21,25). The molecule has 1 aromatic carbocycles. The largest absolute Gasteiger partial charge is 0.497 e. The van der Waals surface area contributed by atoms with Gasteiger partial charge in [-0.2, -0.15) is 0 Å². The van der Waals surface area contributed by atoms with Gasteiger partial charge in [-0.3, -0.25) is 14.3 Å². The number of nitrogens with zero attached hydrogens (tertiary/aromatic N) is 4. The molecule has 2 heterocycles. The minimum atomic E-state index is -0.160. The van der Waals surface area contributed by atoms with Crippen LogP contribution in [0.15, 0.2) is 53.9 Å². The lowest BCUT2D eigenvalue weighted by molar-refractivity contribution is -0.118. The molecule has 1 N–H and O–H groups in total. The van der Waals surface area contributed by atoms with Gasteiger partial charge in [0.25, 0.3) is 0 Å². The monoisotopic (exact) mass is 379 g/mol. The number of aromatic nitrogens is 4. The van der Waals surface area contributed by atoms with E-state index < -0.39 is 0 Å². The van der Waals surface area contributed by atoms with Crippen molar-refractivity contribution in [1.29, 1.82) is 0 Å². The Balaban J connectivity index is 1.94. The van der Waals surface area contributed by atoms with Crippen LogP contribution < -0.4 is 10.1 Å². The minimum Gasteiger partial charge on any atom is -0.497 e. The Morgan fingerprint density at radius 3 is 2.63 bits per heavy atom. The summed E-state index contributed by atoms with van der Waals surface area (Å²) in [6, 6.07) is 11.3. The highest BCUT2D eigenvalue weighted by Crippen LogP contribution is 2.28. The van der Waals surface area contributed by atoms with Gasteiger partial charge in [-0.1, -0.05) is 17.7 Å². The summed E-state index contributed by atoms with van der Waals surface area (Å²) >= 11 is 1.29. The number of ether oxygens (including phenoxy) is 1. The van der Waals surface area contributed by atoms with Gasteiger partial charge < -0.3 is 10.1 Å². The first kappa shape index (κ1) is 18.5. The van der Waals surface area contributed by atoms with Crippen molar-refractivity contribution in [2.75, 3.05) is 19.4 Å². The van der Waals surface area contributed by atoms with E-state index in [4.69, 9.17) is 11.2 Å². The fraction of sp³-hybridized carbons (Fsp3) is 0.158. The molecule has 0 atom stereocenters. The molecule has 27 heavy (non-hydrogen) atoms. The van der Waals surface area contributed by atoms with Crippen LogP contribution in [0.1, 0.15) is 0 Å². The van der Waals surface area contributed by atoms with E-state index in [1.54, 1.807) is 19.5 Å². The van der Waals surface area contributed by atoms with Crippen LogP contribution in [0.25, 0.3) is 17.1 Å². The van der Waals surface area contributed by atoms with Crippen LogP contribution in [-0.4, -0.2) is 45.1 Å². The zero-order valence-corrected chi connectivity index (χ0v) is 15.4. The number of amides is 1. The van der Waals surface area contributed by atoms with Crippen molar-refractivity contribution in [3.05, 3.63) is 48.8 Å². The number of hydrogen-bond acceptors (Lipinski definition) is 6. The Hall–Kier alpha value is -3.31. The van der Waals surface area contributed by atoms with Gasteiger partial charge in [-0.25, -0.2) is 0 Å². The zero-order valence-electron chi connectivity index (χ0n) is 14.6. The molecule has 2 aromatic heterocycles. The quantitative estimate of drug-likeness (QED) is 0.501. The molecule has 0 spiro atoms. The molecule has 136 valence electrons. The number of methoxy groups -OCH3 is 1. The molecule has 0 aliphatic heterocycles. The van der Waals surface area contributed by atoms with E-state index in [9.17, 15) is 4.79 Å². The van der Waals surface area contributed by atoms with Crippen molar-refractivity contribution in [1.82, 2.24) is 25.1 Å². The minimum absolute atomic E-state index is 0.160. The van der Waals surface area contributed by atoms with Crippen LogP contribution in [0.5, 0.6) is 5.75 Å². The maximum absolute atomic E-state index is 11.9. The first-order valence-corrected chi connectivity index (χ1v) is 9.04. The van der Waals surface area contributed by atoms with Crippen LogP contribution in [0.3, 0.4) is 0 Å². The molecule has 0 unspecified atom stereocenters. The predicted octanol–water partition coefficient (Wildman–Crippen LogP) is 2.18. The molecule has 0 saturated heterocycles. The highest BCUT2D eigenvalue weighted by atomic mass is 32.2. The van der Waals surface area contributed by atoms with Gasteiger partial charge in [0.1, 0.15) is 5.75 Å². The summed E-state index contributed by atoms with van der Waals surface area (Å²) in [6.07, 6.45) is 8.56. The second kappa shape index (κ2) is 8.87. The van der Waals surface area contributed by atoms with Crippen LogP contribution in [0.2, 0.25) is 0 Å². The molecular weight excluding hydrogens is 362 g/mol. The predicted molar refractivity (Wildman–Crippen MR) is 104 cm³/mol. The van der Waals surface area contributed by atoms with E-state index >= 15 is 0 Å². The smallest absolute Gasteiger partial charge is 0.231 e. The number of nitrogens with one attached hydrogen (secondary N) is 1. The van der Waals surface area contributed by atoms with Crippen LogP contribution >= 0.6 is 11.8 Å². The van der Waals surface area contributed by atoms with Crippen molar-refractivity contribution in [3.63, 3.8) is 0 Å². The lowest BCUT2D eigenvalue weighted by atomic mass is 10.2. The number of carbonyl (C=O) groups is 1. The molecule has 1 amide bonds. The molecule has 0 aliphatic carbocycles. The van der Waals surface area contributed by atoms with Crippen molar-refractivity contribution >= 4 is 17.7 Å². The highest BCUT2D eigenvalue weighted by Gasteiger charge is 2.17. The lowest BCUT2D eigenvalue weighted by Gasteiger charge is -2.11. The Morgan fingerprint density at radius 2 is 1.96 bits per heavy atom. The van der Waals surface area contributed by atoms with Gasteiger partial charge in [0.15, 0.2) is 11.0 Å². The zero-order chi connectivity index (χ0) is 19.1. The number of pyridine rings is 1. The summed E-state index contributed by atoms with van der Waals surface area (Å²) in [7, 11) is 1.62. The number of benzene rings is 1. The normalized spacial score (nSPS) is 10.2. The summed E-state index contributed by atoms with van der Waals surface area (Å²) in [4.78, 5) is 15.9. The fourth-order valence-electron chi connectivity index (χ4n) is 2.35. The molecule has 0 aliphatic rings. The average Bonchev–Trinajstić information content (AvgIpc) is 3.15. The fourth-order valence-corrected chi connectivity index (χ4v) is 3.13. The van der Waals surface area contributed by atoms with E-state index in [-0.39, 0.29) is 18.2 Å². The summed E-state index contributed by atoms with van der Waals surface area (Å²) in [5.41, 5.74) is 1.73. The lowest BCUT2D eigenvalue weighted by Crippen LogP contribution is -2.25. The third-order valence-corrected chi connectivity index (χ3v) is 4.55. The van der Waals surface area contributed by atoms with Crippen LogP contribution in [0.4, 0.5) is 0 Å². The summed E-state index contributed by atoms with van der Waals surface area (Å²) in [5.74, 6) is 3.82. The maximum Gasteiger partial charge on any atom is 0.231 e. The van der Waals surface area contributed by atoms with Gasteiger partial charge in [0.2, 0.25) is 5.91 Å². The Morgan fingerprint density at radius 1 is 1.22 bits per heavy atom. The van der Waals surface area contributed by atoms with Gasteiger partial charge in [0, 0.05) is 23.6 Å². The molecule has 3 aromatic rings. The SMILES string of the molecule is C#CCNC(=O)CSc1nnc(-c2ccncc2)n1-c1ccc(OC)cc1. The Bertz CT molecular complexity index is 948. The average molecular weight is 379 g/mol. The molecule has 0 bridgehead atoms. The summed E-state index contributed by atoms with van der Waals surface area (Å²) in [6.45, 7) is 0.201. The number of hydrogen-bond donors (Lipinski definition) is 1. The van der Waals surface area contributed by atoms with Crippen molar-refractivity contribution < 1.29 is 9.53 Å². The van der Waals surface area contributed by atoms with Crippen molar-refractivity contribution in [3.8, 4) is 35.2 Å². The molecule has 3 rings (SSSR count). The highest BCUT2D eigenvalue weighted by molar-refractivity contribution is 7.99. The maximum atomic E-state index is 11.9. The molecule has 7 nitrogen and oxygen atoms in total. The molecule has 0 radical (unpaired) electrons. The van der Waals surface area contributed by atoms with Crippen LogP contribution in [0, 0.1) is 12.3 Å². The summed E-state index contributed by atoms with van der Waals surface area (Å²) in [5, 5.41) is 11.8. The third-order valence-electron chi connectivity index (χ3n) is 3.62. The second-order valence-electron chi connectivity index (χ2n) is 5.35. The third kappa shape index (κ3) is 4.46. The van der Waals surface area contributed by atoms with Crippen LogP contribution in [-0.2, 0) is 4.79 Å². The van der Waals surface area contributed by atoms with E-state index in [1.165, 1.54) is 11.8 Å². The second-order valence-corrected chi connectivity index (χ2v) is 6.29. The molecule has 0 fully saturated rings. The number of thioether (sulfide) groups is 1. The molecule has 8 heteroatoms. The Kier molecular flexibility index (Phi) is 6.07. The number of carbonyl (C=O) groups excluding carboxylic acids is 1. The van der Waals surface area contributed by atoms with Gasteiger partial charge in [-0.05, 0) is 36.4 Å². The van der Waals surface area contributed by atoms with Gasteiger partial charge in [-0.15, -0.1) is 16.6 Å². The van der Waals surface area contributed by atoms with Crippen molar-refractivity contribution in [2.45, 2.75) is 5.16 Å². The number of terminal acetylenes is 1. The molecule has 0 saturated carbocycles. The van der Waals surface area contributed by atoms with E-state index in [0.29, 0.717) is 11.0 Å². The first-order chi connectivity index (χ1) is 13.2. The Labute approximate surface area is 161 Å². The van der Waals surface area contributed by atoms with E-state index in [0.717, 1.165) is 17.0 Å².